The molecule has 9 heteroatoms. The fraction of sp³-hybridized carbons (Fsp3) is 0.429. The molecule has 1 aromatic heterocycles. The van der Waals surface area contributed by atoms with Crippen LogP contribution in [0.2, 0.25) is 0 Å². The van der Waals surface area contributed by atoms with Crippen molar-refractivity contribution < 1.29 is 22.3 Å². The summed E-state index contributed by atoms with van der Waals surface area (Å²) in [6, 6.07) is 10.9. The largest absolute Gasteiger partial charge is 0.474 e. The zero-order valence-electron chi connectivity index (χ0n) is 16.4. The summed E-state index contributed by atoms with van der Waals surface area (Å²) in [6.45, 7) is -0.0701. The first-order valence-corrected chi connectivity index (χ1v) is 11.6. The SMILES string of the molecule is O=C(CCNS(=O)(=O)c1ccccc1F)N1C2CCC1CC(Oc1ccccn1)C2. The Bertz CT molecular complexity index is 988. The summed E-state index contributed by atoms with van der Waals surface area (Å²) in [5.41, 5.74) is 0. The number of sulfonamides is 1. The van der Waals surface area contributed by atoms with Gasteiger partial charge in [-0.15, -0.1) is 0 Å². The lowest BCUT2D eigenvalue weighted by atomic mass is 9.99. The van der Waals surface area contributed by atoms with Crippen molar-refractivity contribution in [1.82, 2.24) is 14.6 Å². The van der Waals surface area contributed by atoms with Gasteiger partial charge in [0.1, 0.15) is 16.8 Å². The molecule has 30 heavy (non-hydrogen) atoms. The number of halogens is 1. The van der Waals surface area contributed by atoms with E-state index >= 15 is 0 Å². The van der Waals surface area contributed by atoms with Crippen LogP contribution in [0.1, 0.15) is 32.1 Å². The number of fused-ring (bicyclic) bond motifs is 2. The second-order valence-electron chi connectivity index (χ2n) is 7.64. The number of aromatic nitrogens is 1. The first-order valence-electron chi connectivity index (χ1n) is 10.1. The van der Waals surface area contributed by atoms with Crippen LogP contribution in [-0.4, -0.2) is 48.9 Å². The molecule has 0 saturated carbocycles. The molecule has 1 N–H and O–H groups in total. The van der Waals surface area contributed by atoms with Gasteiger partial charge in [0, 0.05) is 50.2 Å². The number of pyridine rings is 1. The van der Waals surface area contributed by atoms with E-state index in [2.05, 4.69) is 9.71 Å². The van der Waals surface area contributed by atoms with E-state index in [4.69, 9.17) is 4.74 Å². The molecule has 2 aliphatic heterocycles. The quantitative estimate of drug-likeness (QED) is 0.725. The Morgan fingerprint density at radius 2 is 1.83 bits per heavy atom. The number of nitrogens with zero attached hydrogens (tertiary/aromatic N) is 2. The predicted molar refractivity (Wildman–Crippen MR) is 108 cm³/mol. The summed E-state index contributed by atoms with van der Waals surface area (Å²) in [5, 5.41) is 0. The highest BCUT2D eigenvalue weighted by molar-refractivity contribution is 7.89. The van der Waals surface area contributed by atoms with Gasteiger partial charge < -0.3 is 9.64 Å². The van der Waals surface area contributed by atoms with E-state index in [0.29, 0.717) is 5.88 Å². The molecule has 7 nitrogen and oxygen atoms in total. The molecule has 3 heterocycles. The Hall–Kier alpha value is -2.52. The van der Waals surface area contributed by atoms with Crippen molar-refractivity contribution in [3.05, 3.63) is 54.5 Å². The average Bonchev–Trinajstić information content (AvgIpc) is 2.99. The van der Waals surface area contributed by atoms with E-state index in [0.717, 1.165) is 31.7 Å². The Morgan fingerprint density at radius 3 is 2.50 bits per heavy atom. The standard InChI is InChI=1S/C21H24FN3O4S/c22-18-5-1-2-6-19(18)30(27,28)24-12-10-21(26)25-15-8-9-16(25)14-17(13-15)29-20-7-3-4-11-23-20/h1-7,11,15-17,24H,8-10,12-14H2. The Morgan fingerprint density at radius 1 is 1.13 bits per heavy atom. The van der Waals surface area contributed by atoms with Crippen LogP contribution < -0.4 is 9.46 Å². The molecule has 4 rings (SSSR count). The maximum absolute atomic E-state index is 13.8. The number of carbonyl (C=O) groups is 1. The number of benzene rings is 1. The number of hydrogen-bond donors (Lipinski definition) is 1. The van der Waals surface area contributed by atoms with Gasteiger partial charge in [-0.2, -0.15) is 0 Å². The minimum atomic E-state index is -3.99. The fourth-order valence-corrected chi connectivity index (χ4v) is 5.49. The van der Waals surface area contributed by atoms with Crippen LogP contribution >= 0.6 is 0 Å². The Balaban J connectivity index is 1.31. The lowest BCUT2D eigenvalue weighted by Gasteiger charge is -2.38. The van der Waals surface area contributed by atoms with E-state index in [1.54, 1.807) is 6.20 Å². The van der Waals surface area contributed by atoms with Gasteiger partial charge in [-0.3, -0.25) is 4.79 Å². The van der Waals surface area contributed by atoms with Crippen molar-refractivity contribution in [3.63, 3.8) is 0 Å². The Labute approximate surface area is 175 Å². The predicted octanol–water partition coefficient (Wildman–Crippen LogP) is 2.49. The van der Waals surface area contributed by atoms with E-state index in [-0.39, 0.29) is 37.1 Å². The molecular weight excluding hydrogens is 409 g/mol. The highest BCUT2D eigenvalue weighted by Gasteiger charge is 2.43. The topological polar surface area (TPSA) is 88.6 Å². The van der Waals surface area contributed by atoms with Gasteiger partial charge in [-0.1, -0.05) is 18.2 Å². The number of carbonyl (C=O) groups excluding carboxylic acids is 1. The van der Waals surface area contributed by atoms with Crippen molar-refractivity contribution >= 4 is 15.9 Å². The molecule has 2 aromatic rings. The number of piperidine rings is 1. The van der Waals surface area contributed by atoms with Crippen LogP contribution in [0, 0.1) is 5.82 Å². The van der Waals surface area contributed by atoms with Crippen molar-refractivity contribution in [2.75, 3.05) is 6.54 Å². The summed E-state index contributed by atoms with van der Waals surface area (Å²) >= 11 is 0. The molecule has 160 valence electrons. The first kappa shape index (κ1) is 20.7. The second kappa shape index (κ2) is 8.69. The van der Waals surface area contributed by atoms with Gasteiger partial charge >= 0.3 is 0 Å². The lowest BCUT2D eigenvalue weighted by molar-refractivity contribution is -0.136. The van der Waals surface area contributed by atoms with E-state index < -0.39 is 20.7 Å². The maximum atomic E-state index is 13.8. The molecule has 1 amide bonds. The summed E-state index contributed by atoms with van der Waals surface area (Å²) in [7, 11) is -3.99. The minimum Gasteiger partial charge on any atom is -0.474 e. The molecule has 2 bridgehead atoms. The molecule has 2 unspecified atom stereocenters. The van der Waals surface area contributed by atoms with Gasteiger partial charge in [0.25, 0.3) is 0 Å². The molecule has 0 aliphatic carbocycles. The molecule has 0 radical (unpaired) electrons. The number of hydrogen-bond acceptors (Lipinski definition) is 5. The summed E-state index contributed by atoms with van der Waals surface area (Å²) in [4.78, 5) is 18.4. The second-order valence-corrected chi connectivity index (χ2v) is 9.38. The molecule has 0 spiro atoms. The van der Waals surface area contributed by atoms with Crippen molar-refractivity contribution in [2.24, 2.45) is 0 Å². The first-order chi connectivity index (χ1) is 14.4. The van der Waals surface area contributed by atoms with Gasteiger partial charge in [-0.05, 0) is 31.0 Å². The number of nitrogens with one attached hydrogen (secondary N) is 1. The zero-order valence-corrected chi connectivity index (χ0v) is 17.2. The van der Waals surface area contributed by atoms with Crippen LogP contribution in [0.3, 0.4) is 0 Å². The summed E-state index contributed by atoms with van der Waals surface area (Å²) in [6.07, 6.45) is 5.04. The average molecular weight is 434 g/mol. The van der Waals surface area contributed by atoms with Crippen LogP contribution in [0.5, 0.6) is 5.88 Å². The van der Waals surface area contributed by atoms with Gasteiger partial charge in [0.15, 0.2) is 0 Å². The third-order valence-corrected chi connectivity index (χ3v) is 7.15. The van der Waals surface area contributed by atoms with Crippen LogP contribution in [0.4, 0.5) is 4.39 Å². The minimum absolute atomic E-state index is 0.0148. The normalized spacial score (nSPS) is 23.4. The third-order valence-electron chi connectivity index (χ3n) is 5.66. The molecule has 2 saturated heterocycles. The summed E-state index contributed by atoms with van der Waals surface area (Å²) < 4.78 is 46.6. The summed E-state index contributed by atoms with van der Waals surface area (Å²) in [5.74, 6) is -0.316. The lowest BCUT2D eigenvalue weighted by Crippen LogP contribution is -2.49. The smallest absolute Gasteiger partial charge is 0.243 e. The highest BCUT2D eigenvalue weighted by atomic mass is 32.2. The molecule has 1 aromatic carbocycles. The molecule has 2 aliphatic rings. The fourth-order valence-electron chi connectivity index (χ4n) is 4.38. The maximum Gasteiger partial charge on any atom is 0.243 e. The van der Waals surface area contributed by atoms with E-state index in [1.165, 1.54) is 18.2 Å². The van der Waals surface area contributed by atoms with Crippen molar-refractivity contribution in [1.29, 1.82) is 0 Å². The van der Waals surface area contributed by atoms with E-state index in [1.807, 2.05) is 23.1 Å². The van der Waals surface area contributed by atoms with Crippen LogP contribution in [-0.2, 0) is 14.8 Å². The van der Waals surface area contributed by atoms with Gasteiger partial charge in [0.2, 0.25) is 21.8 Å². The third kappa shape index (κ3) is 4.46. The number of amides is 1. The monoisotopic (exact) mass is 433 g/mol. The van der Waals surface area contributed by atoms with Crippen molar-refractivity contribution in [2.45, 2.75) is 55.2 Å². The molecule has 2 fully saturated rings. The zero-order chi connectivity index (χ0) is 21.1. The number of ether oxygens (including phenoxy) is 1. The highest BCUT2D eigenvalue weighted by Crippen LogP contribution is 2.37. The van der Waals surface area contributed by atoms with Gasteiger partial charge in [0.05, 0.1) is 0 Å². The Kier molecular flexibility index (Phi) is 6.01. The molecule has 2 atom stereocenters. The van der Waals surface area contributed by atoms with Crippen LogP contribution in [0.25, 0.3) is 0 Å². The van der Waals surface area contributed by atoms with E-state index in [9.17, 15) is 17.6 Å². The molecular formula is C21H24FN3O4S. The van der Waals surface area contributed by atoms with Crippen molar-refractivity contribution in [3.8, 4) is 5.88 Å². The number of rotatable bonds is 7. The van der Waals surface area contributed by atoms with Crippen LogP contribution in [0.15, 0.2) is 53.6 Å². The van der Waals surface area contributed by atoms with Gasteiger partial charge in [-0.25, -0.2) is 22.5 Å².